The average Bonchev–Trinajstić information content (AvgIpc) is 2.46. The molecule has 1 amide bonds. The van der Waals surface area contributed by atoms with Crippen LogP contribution < -0.4 is 0 Å². The molecule has 1 rings (SSSR count). The number of hydrogen-bond acceptors (Lipinski definition) is 3. The van der Waals surface area contributed by atoms with Crippen LogP contribution in [-0.2, 0) is 20.7 Å². The van der Waals surface area contributed by atoms with Gasteiger partial charge in [0.25, 0.3) is 0 Å². The molecule has 1 unspecified atom stereocenters. The maximum Gasteiger partial charge on any atom is 0.307 e. The van der Waals surface area contributed by atoms with Gasteiger partial charge in [-0.05, 0) is 25.0 Å². The van der Waals surface area contributed by atoms with Crippen LogP contribution in [0.5, 0.6) is 0 Å². The number of esters is 1. The summed E-state index contributed by atoms with van der Waals surface area (Å²) in [6, 6.07) is 7.42. The van der Waals surface area contributed by atoms with Crippen LogP contribution in [-0.4, -0.2) is 41.8 Å². The highest BCUT2D eigenvalue weighted by molar-refractivity contribution is 9.10. The smallest absolute Gasteiger partial charge is 0.307 e. The minimum Gasteiger partial charge on any atom is -0.466 e. The molecule has 6 heteroatoms. The Labute approximate surface area is 138 Å². The van der Waals surface area contributed by atoms with Crippen LogP contribution in [0.15, 0.2) is 24.3 Å². The summed E-state index contributed by atoms with van der Waals surface area (Å²) in [4.78, 5) is 24.6. The Bertz CT molecular complexity index is 496. The van der Waals surface area contributed by atoms with E-state index >= 15 is 0 Å². The minimum absolute atomic E-state index is 0.0841. The normalized spacial score (nSPS) is 11.8. The molecule has 1 aromatic rings. The van der Waals surface area contributed by atoms with Gasteiger partial charge in [-0.2, -0.15) is 0 Å². The summed E-state index contributed by atoms with van der Waals surface area (Å²) in [5.41, 5.74) is 0.910. The third kappa shape index (κ3) is 6.06. The molecule has 21 heavy (non-hydrogen) atoms. The van der Waals surface area contributed by atoms with Gasteiger partial charge in [0.05, 0.1) is 17.9 Å². The maximum atomic E-state index is 12.2. The molecule has 0 bridgehead atoms. The highest BCUT2D eigenvalue weighted by atomic mass is 79.9. The Morgan fingerprint density at radius 2 is 2.05 bits per heavy atom. The fourth-order valence-corrected chi connectivity index (χ4v) is 2.70. The van der Waals surface area contributed by atoms with Crippen LogP contribution >= 0.6 is 27.5 Å². The third-order valence-electron chi connectivity index (χ3n) is 2.96. The fraction of sp³-hybridized carbons (Fsp3) is 0.467. The highest BCUT2D eigenvalue weighted by Gasteiger charge is 2.21. The van der Waals surface area contributed by atoms with E-state index in [-0.39, 0.29) is 23.1 Å². The molecule has 4 nitrogen and oxygen atoms in total. The van der Waals surface area contributed by atoms with Crippen molar-refractivity contribution in [1.29, 1.82) is 0 Å². The summed E-state index contributed by atoms with van der Waals surface area (Å²) in [7, 11) is 1.67. The predicted molar refractivity (Wildman–Crippen MR) is 86.8 cm³/mol. The Kier molecular flexibility index (Phi) is 7.75. The summed E-state index contributed by atoms with van der Waals surface area (Å²) >= 11 is 9.47. The molecule has 0 aromatic heterocycles. The quantitative estimate of drug-likeness (QED) is 0.543. The number of rotatable bonds is 7. The highest BCUT2D eigenvalue weighted by Crippen LogP contribution is 2.20. The van der Waals surface area contributed by atoms with Gasteiger partial charge in [-0.25, -0.2) is 0 Å². The van der Waals surface area contributed by atoms with Crippen molar-refractivity contribution in [2.24, 2.45) is 0 Å². The average molecular weight is 377 g/mol. The van der Waals surface area contributed by atoms with E-state index in [0.717, 1.165) is 5.56 Å². The van der Waals surface area contributed by atoms with Crippen molar-refractivity contribution in [3.05, 3.63) is 34.9 Å². The van der Waals surface area contributed by atoms with Gasteiger partial charge in [0, 0.05) is 18.6 Å². The first kappa shape index (κ1) is 18.0. The van der Waals surface area contributed by atoms with Gasteiger partial charge >= 0.3 is 5.97 Å². The summed E-state index contributed by atoms with van der Waals surface area (Å²) in [6.45, 7) is 2.44. The number of hydrogen-bond donors (Lipinski definition) is 0. The number of carbonyl (C=O) groups excluding carboxylic acids is 2. The molecular weight excluding hydrogens is 358 g/mol. The van der Waals surface area contributed by atoms with E-state index in [2.05, 4.69) is 15.9 Å². The molecule has 0 saturated carbocycles. The van der Waals surface area contributed by atoms with Gasteiger partial charge in [0.1, 0.15) is 0 Å². The second kappa shape index (κ2) is 9.05. The molecule has 0 aliphatic rings. The molecular formula is C15H19BrClNO3. The third-order valence-corrected chi connectivity index (χ3v) is 4.04. The molecule has 1 atom stereocenters. The number of alkyl halides is 1. The minimum atomic E-state index is -0.371. The van der Waals surface area contributed by atoms with Crippen molar-refractivity contribution in [2.45, 2.75) is 24.6 Å². The molecule has 0 saturated heterocycles. The Balaban J connectivity index is 2.50. The number of halogens is 2. The standard InChI is InChI=1S/C15H19BrClNO3/c1-3-21-14(19)8-9-18(2)15(20)12(16)10-11-6-4-5-7-13(11)17/h4-7,12H,3,8-10H2,1-2H3. The van der Waals surface area contributed by atoms with Crippen molar-refractivity contribution in [3.63, 3.8) is 0 Å². The first-order chi connectivity index (χ1) is 9.95. The zero-order valence-electron chi connectivity index (χ0n) is 12.1. The van der Waals surface area contributed by atoms with Crippen LogP contribution in [0.4, 0.5) is 0 Å². The summed E-state index contributed by atoms with van der Waals surface area (Å²) in [6.07, 6.45) is 0.699. The predicted octanol–water partition coefficient (Wildman–Crippen LogP) is 3.06. The lowest BCUT2D eigenvalue weighted by molar-refractivity contribution is -0.143. The lowest BCUT2D eigenvalue weighted by atomic mass is 10.1. The van der Waals surface area contributed by atoms with E-state index in [4.69, 9.17) is 16.3 Å². The van der Waals surface area contributed by atoms with E-state index < -0.39 is 0 Å². The number of ether oxygens (including phenoxy) is 1. The molecule has 0 spiro atoms. The zero-order valence-corrected chi connectivity index (χ0v) is 14.5. The lowest BCUT2D eigenvalue weighted by Gasteiger charge is -2.20. The van der Waals surface area contributed by atoms with E-state index in [1.54, 1.807) is 20.0 Å². The first-order valence-electron chi connectivity index (χ1n) is 6.73. The summed E-state index contributed by atoms with van der Waals surface area (Å²) in [5, 5.41) is 0.643. The van der Waals surface area contributed by atoms with Crippen LogP contribution in [0.1, 0.15) is 18.9 Å². The number of amides is 1. The van der Waals surface area contributed by atoms with E-state index in [1.807, 2.05) is 18.2 Å². The largest absolute Gasteiger partial charge is 0.466 e. The van der Waals surface area contributed by atoms with Crippen LogP contribution in [0.3, 0.4) is 0 Å². The van der Waals surface area contributed by atoms with Crippen molar-refractivity contribution >= 4 is 39.4 Å². The van der Waals surface area contributed by atoms with Gasteiger partial charge in [-0.15, -0.1) is 0 Å². The van der Waals surface area contributed by atoms with Gasteiger partial charge in [0.15, 0.2) is 0 Å². The molecule has 0 heterocycles. The topological polar surface area (TPSA) is 46.6 Å². The molecule has 0 aliphatic heterocycles. The molecule has 0 aliphatic carbocycles. The van der Waals surface area contributed by atoms with Gasteiger partial charge in [-0.1, -0.05) is 45.7 Å². The van der Waals surface area contributed by atoms with E-state index in [1.165, 1.54) is 4.90 Å². The SMILES string of the molecule is CCOC(=O)CCN(C)C(=O)C(Br)Cc1ccccc1Cl. The molecule has 0 radical (unpaired) electrons. The number of carbonyl (C=O) groups is 2. The monoisotopic (exact) mass is 375 g/mol. The van der Waals surface area contributed by atoms with Gasteiger partial charge in [0.2, 0.25) is 5.91 Å². The van der Waals surface area contributed by atoms with Gasteiger partial charge in [-0.3, -0.25) is 9.59 Å². The van der Waals surface area contributed by atoms with Gasteiger partial charge < -0.3 is 9.64 Å². The summed E-state index contributed by atoms with van der Waals surface area (Å²) in [5.74, 6) is -0.381. The zero-order chi connectivity index (χ0) is 15.8. The van der Waals surface area contributed by atoms with Crippen molar-refractivity contribution in [2.75, 3.05) is 20.2 Å². The second-order valence-corrected chi connectivity index (χ2v) is 6.09. The van der Waals surface area contributed by atoms with E-state index in [9.17, 15) is 9.59 Å². The molecule has 1 aromatic carbocycles. The lowest BCUT2D eigenvalue weighted by Crippen LogP contribution is -2.36. The molecule has 116 valence electrons. The number of nitrogens with zero attached hydrogens (tertiary/aromatic N) is 1. The van der Waals surface area contributed by atoms with Crippen molar-refractivity contribution in [3.8, 4) is 0 Å². The fourth-order valence-electron chi connectivity index (χ4n) is 1.79. The molecule has 0 N–H and O–H groups in total. The summed E-state index contributed by atoms with van der Waals surface area (Å²) < 4.78 is 4.84. The first-order valence-corrected chi connectivity index (χ1v) is 8.03. The second-order valence-electron chi connectivity index (χ2n) is 4.58. The van der Waals surface area contributed by atoms with Crippen molar-refractivity contribution in [1.82, 2.24) is 4.90 Å². The molecule has 0 fully saturated rings. The van der Waals surface area contributed by atoms with Crippen LogP contribution in [0, 0.1) is 0 Å². The van der Waals surface area contributed by atoms with Crippen molar-refractivity contribution < 1.29 is 14.3 Å². The Hall–Kier alpha value is -1.07. The Morgan fingerprint density at radius 3 is 2.67 bits per heavy atom. The van der Waals surface area contributed by atoms with E-state index in [0.29, 0.717) is 24.6 Å². The Morgan fingerprint density at radius 1 is 1.38 bits per heavy atom. The van der Waals surface area contributed by atoms with Crippen LogP contribution in [0.2, 0.25) is 5.02 Å². The van der Waals surface area contributed by atoms with Crippen LogP contribution in [0.25, 0.3) is 0 Å². The number of benzene rings is 1. The maximum absolute atomic E-state index is 12.2.